The minimum Gasteiger partial charge on any atom is -0.395 e. The van der Waals surface area contributed by atoms with Gasteiger partial charge < -0.3 is 24.5 Å². The Morgan fingerprint density at radius 3 is 2.59 bits per heavy atom. The molecule has 1 aromatic carbocycles. The monoisotopic (exact) mass is 564 g/mol. The number of amides is 3. The van der Waals surface area contributed by atoms with Gasteiger partial charge in [-0.15, -0.1) is 18.3 Å². The van der Waals surface area contributed by atoms with Crippen molar-refractivity contribution in [3.8, 4) is 0 Å². The molecule has 6 atom stereocenters. The number of benzene rings is 1. The number of rotatable bonds is 12. The lowest BCUT2D eigenvalue weighted by Crippen LogP contribution is -2.57. The van der Waals surface area contributed by atoms with Gasteiger partial charge in [-0.1, -0.05) is 43.3 Å². The number of carbonyl (C=O) groups is 3. The number of β-amino-alcohol motifs (C(OH)–C–C–N with tert-alkyl or cyclic N) is 1. The minimum atomic E-state index is -1.20. The van der Waals surface area contributed by atoms with Crippen molar-refractivity contribution in [1.82, 2.24) is 29.7 Å². The number of aliphatic hydroxyl groups is 1. The van der Waals surface area contributed by atoms with Gasteiger partial charge in [0.25, 0.3) is 0 Å². The van der Waals surface area contributed by atoms with E-state index >= 15 is 0 Å². The molecule has 2 aromatic rings. The highest BCUT2D eigenvalue weighted by Gasteiger charge is 2.80. The number of aliphatic hydroxyl groups excluding tert-OH is 1. The Balaban J connectivity index is 1.55. The SMILES string of the molecule is C=CCN(Cn1nnc2ccccc21)C(=O)C1N(CCO)C(=O)[C@@H]2[C@H](C(=O)N(CC=C)CCC)[C@@]3(C)OC12CC3C. The first-order valence-electron chi connectivity index (χ1n) is 14.4. The predicted octanol–water partition coefficient (Wildman–Crippen LogP) is 1.83. The minimum absolute atomic E-state index is 0.0393. The Hall–Kier alpha value is -3.57. The molecule has 3 saturated heterocycles. The van der Waals surface area contributed by atoms with Crippen molar-refractivity contribution < 1.29 is 24.2 Å². The molecule has 4 heterocycles. The van der Waals surface area contributed by atoms with Crippen LogP contribution in [-0.4, -0.2) is 103 Å². The Kier molecular flexibility index (Phi) is 7.78. The van der Waals surface area contributed by atoms with Crippen LogP contribution in [0.2, 0.25) is 0 Å². The number of likely N-dealkylation sites (tertiary alicyclic amines) is 1. The van der Waals surface area contributed by atoms with Crippen molar-refractivity contribution in [2.75, 3.05) is 32.8 Å². The van der Waals surface area contributed by atoms with Crippen LogP contribution in [0, 0.1) is 17.8 Å². The summed E-state index contributed by atoms with van der Waals surface area (Å²) in [6, 6.07) is 6.46. The third-order valence-corrected chi connectivity index (χ3v) is 9.20. The molecule has 41 heavy (non-hydrogen) atoms. The average Bonchev–Trinajstić information content (AvgIpc) is 3.62. The number of fused-ring (bicyclic) bond motifs is 2. The fourth-order valence-electron chi connectivity index (χ4n) is 7.39. The average molecular weight is 565 g/mol. The molecule has 3 amide bonds. The zero-order chi connectivity index (χ0) is 29.5. The zero-order valence-corrected chi connectivity index (χ0v) is 24.1. The van der Waals surface area contributed by atoms with Crippen molar-refractivity contribution >= 4 is 28.8 Å². The van der Waals surface area contributed by atoms with Crippen molar-refractivity contribution in [2.24, 2.45) is 17.8 Å². The van der Waals surface area contributed by atoms with Gasteiger partial charge in [-0.25, -0.2) is 4.68 Å². The third kappa shape index (κ3) is 4.37. The van der Waals surface area contributed by atoms with Crippen LogP contribution in [0.1, 0.15) is 33.6 Å². The van der Waals surface area contributed by atoms with Crippen molar-refractivity contribution in [3.63, 3.8) is 0 Å². The van der Waals surface area contributed by atoms with E-state index in [9.17, 15) is 19.5 Å². The van der Waals surface area contributed by atoms with Crippen molar-refractivity contribution in [2.45, 2.75) is 57.5 Å². The molecule has 1 aromatic heterocycles. The van der Waals surface area contributed by atoms with Crippen LogP contribution >= 0.6 is 0 Å². The fraction of sp³-hybridized carbons (Fsp3) is 0.567. The van der Waals surface area contributed by atoms with E-state index in [1.165, 1.54) is 4.90 Å². The molecule has 0 aliphatic carbocycles. The highest BCUT2D eigenvalue weighted by molar-refractivity contribution is 5.99. The summed E-state index contributed by atoms with van der Waals surface area (Å²) in [7, 11) is 0. The maximum absolute atomic E-state index is 14.5. The molecular weight excluding hydrogens is 524 g/mol. The normalized spacial score (nSPS) is 30.0. The third-order valence-electron chi connectivity index (χ3n) is 9.20. The molecule has 3 unspecified atom stereocenters. The van der Waals surface area contributed by atoms with E-state index in [0.29, 0.717) is 25.0 Å². The maximum Gasteiger partial charge on any atom is 0.250 e. The van der Waals surface area contributed by atoms with Crippen LogP contribution in [0.4, 0.5) is 0 Å². The molecule has 1 N–H and O–H groups in total. The summed E-state index contributed by atoms with van der Waals surface area (Å²) < 4.78 is 8.45. The van der Waals surface area contributed by atoms with Gasteiger partial charge in [-0.3, -0.25) is 14.4 Å². The Morgan fingerprint density at radius 2 is 1.90 bits per heavy atom. The number of para-hydroxylation sites is 1. The molecule has 0 saturated carbocycles. The van der Waals surface area contributed by atoms with E-state index in [1.54, 1.807) is 26.6 Å². The van der Waals surface area contributed by atoms with Gasteiger partial charge in [0.05, 0.1) is 29.6 Å². The number of hydrogen-bond acceptors (Lipinski definition) is 7. The summed E-state index contributed by atoms with van der Waals surface area (Å²) in [6.07, 6.45) is 4.52. The smallest absolute Gasteiger partial charge is 0.250 e. The van der Waals surface area contributed by atoms with Gasteiger partial charge in [-0.05, 0) is 37.8 Å². The second-order valence-corrected chi connectivity index (χ2v) is 11.6. The second kappa shape index (κ2) is 11.0. The van der Waals surface area contributed by atoms with Gasteiger partial charge in [0.15, 0.2) is 0 Å². The molecule has 3 aliphatic heterocycles. The number of aromatic nitrogens is 3. The summed E-state index contributed by atoms with van der Waals surface area (Å²) in [5, 5.41) is 18.4. The topological polar surface area (TPSA) is 121 Å². The summed E-state index contributed by atoms with van der Waals surface area (Å²) in [6.45, 7) is 14.4. The number of ether oxygens (including phenoxy) is 1. The van der Waals surface area contributed by atoms with Gasteiger partial charge >= 0.3 is 0 Å². The van der Waals surface area contributed by atoms with Crippen LogP contribution in [0.15, 0.2) is 49.6 Å². The molecular formula is C30H40N6O5. The van der Waals surface area contributed by atoms with Gasteiger partial charge in [0.1, 0.15) is 23.8 Å². The molecule has 220 valence electrons. The molecule has 5 rings (SSSR count). The largest absolute Gasteiger partial charge is 0.395 e. The van der Waals surface area contributed by atoms with Crippen molar-refractivity contribution in [1.29, 1.82) is 0 Å². The first-order chi connectivity index (χ1) is 19.7. The summed E-state index contributed by atoms with van der Waals surface area (Å²) in [5.41, 5.74) is -0.650. The number of hydrogen-bond donors (Lipinski definition) is 1. The Morgan fingerprint density at radius 1 is 1.20 bits per heavy atom. The predicted molar refractivity (Wildman–Crippen MR) is 152 cm³/mol. The molecule has 1 spiro atoms. The Bertz CT molecular complexity index is 1360. The molecule has 3 aliphatic rings. The molecule has 0 radical (unpaired) electrons. The van der Waals surface area contributed by atoms with E-state index in [1.807, 2.05) is 45.0 Å². The highest BCUT2D eigenvalue weighted by atomic mass is 16.5. The van der Waals surface area contributed by atoms with Crippen LogP contribution in [0.5, 0.6) is 0 Å². The first kappa shape index (κ1) is 28.9. The standard InChI is InChI=1S/C30H40N6O5/c1-6-13-33(14-7-2)26(38)23-24-27(39)35(16-17-37)25(30(24)18-20(4)29(23,5)41-30)28(40)34(15-8-3)19-36-22-12-10-9-11-21(22)31-32-36/h6,8-12,20,23-25,37H,1,3,7,13-19H2,2,4-5H3/t20?,23-,24+,25?,29+,30?/m1/s1. The van der Waals surface area contributed by atoms with Crippen molar-refractivity contribution in [3.05, 3.63) is 49.6 Å². The molecule has 11 heteroatoms. The fourth-order valence-corrected chi connectivity index (χ4v) is 7.39. The second-order valence-electron chi connectivity index (χ2n) is 11.6. The maximum atomic E-state index is 14.5. The van der Waals surface area contributed by atoms with Crippen LogP contribution in [-0.2, 0) is 25.8 Å². The van der Waals surface area contributed by atoms with Crippen LogP contribution in [0.25, 0.3) is 11.0 Å². The van der Waals surface area contributed by atoms with Crippen LogP contribution < -0.4 is 0 Å². The van der Waals surface area contributed by atoms with Gasteiger partial charge in [-0.2, -0.15) is 0 Å². The van der Waals surface area contributed by atoms with E-state index in [-0.39, 0.29) is 50.0 Å². The molecule has 3 fully saturated rings. The zero-order valence-electron chi connectivity index (χ0n) is 24.1. The highest BCUT2D eigenvalue weighted by Crippen LogP contribution is 2.65. The lowest BCUT2D eigenvalue weighted by Gasteiger charge is -2.39. The lowest BCUT2D eigenvalue weighted by molar-refractivity contribution is -0.155. The van der Waals surface area contributed by atoms with E-state index < -0.39 is 29.1 Å². The quantitative estimate of drug-likeness (QED) is 0.391. The molecule has 2 bridgehead atoms. The van der Waals surface area contributed by atoms with Gasteiger partial charge in [0.2, 0.25) is 17.7 Å². The Labute approximate surface area is 240 Å². The summed E-state index contributed by atoms with van der Waals surface area (Å²) >= 11 is 0. The molecule has 11 nitrogen and oxygen atoms in total. The number of carbonyl (C=O) groups excluding carboxylic acids is 3. The summed E-state index contributed by atoms with van der Waals surface area (Å²) in [4.78, 5) is 47.6. The van der Waals surface area contributed by atoms with E-state index in [4.69, 9.17) is 4.74 Å². The number of nitrogens with zero attached hydrogens (tertiary/aromatic N) is 6. The summed E-state index contributed by atoms with van der Waals surface area (Å²) in [5.74, 6) is -2.49. The van der Waals surface area contributed by atoms with Gasteiger partial charge in [0, 0.05) is 26.2 Å². The van der Waals surface area contributed by atoms with E-state index in [0.717, 1.165) is 11.9 Å². The first-order valence-corrected chi connectivity index (χ1v) is 14.4. The van der Waals surface area contributed by atoms with Crippen LogP contribution in [0.3, 0.4) is 0 Å². The lowest BCUT2D eigenvalue weighted by atomic mass is 9.62. The van der Waals surface area contributed by atoms with E-state index in [2.05, 4.69) is 23.5 Å².